The van der Waals surface area contributed by atoms with Crippen molar-refractivity contribution < 1.29 is 4.79 Å². The maximum Gasteiger partial charge on any atom is 0.257 e. The Morgan fingerprint density at radius 1 is 1.16 bits per heavy atom. The molecule has 2 aromatic rings. The number of amides is 1. The largest absolute Gasteiger partial charge is 0.322 e. The van der Waals surface area contributed by atoms with Crippen molar-refractivity contribution in [1.29, 1.82) is 0 Å². The second-order valence-corrected chi connectivity index (χ2v) is 5.80. The first kappa shape index (κ1) is 14.4. The normalized spacial score (nSPS) is 10.3. The third-order valence-corrected chi connectivity index (χ3v) is 3.65. The minimum absolute atomic E-state index is 0.257. The van der Waals surface area contributed by atoms with Crippen LogP contribution in [0.25, 0.3) is 0 Å². The second-order valence-electron chi connectivity index (χ2n) is 4.04. The summed E-state index contributed by atoms with van der Waals surface area (Å²) >= 11 is 15.2. The average molecular weight is 359 g/mol. The molecule has 1 amide bonds. The summed E-state index contributed by atoms with van der Waals surface area (Å²) in [6, 6.07) is 10.4. The lowest BCUT2D eigenvalue weighted by atomic mass is 10.1. The molecule has 5 heteroatoms. The van der Waals surface area contributed by atoms with Crippen LogP contribution in [0.4, 0.5) is 5.69 Å². The van der Waals surface area contributed by atoms with Crippen LogP contribution in [-0.2, 0) is 0 Å². The number of carbonyl (C=O) groups is 1. The molecule has 0 bridgehead atoms. The van der Waals surface area contributed by atoms with E-state index in [4.69, 9.17) is 23.2 Å². The molecule has 0 radical (unpaired) electrons. The van der Waals surface area contributed by atoms with Gasteiger partial charge < -0.3 is 5.32 Å². The molecule has 0 unspecified atom stereocenters. The zero-order valence-electron chi connectivity index (χ0n) is 10.0. The van der Waals surface area contributed by atoms with Gasteiger partial charge in [0, 0.05) is 15.2 Å². The van der Waals surface area contributed by atoms with Gasteiger partial charge in [0.2, 0.25) is 0 Å². The number of hydrogen-bond acceptors (Lipinski definition) is 1. The molecule has 0 aliphatic heterocycles. The van der Waals surface area contributed by atoms with Crippen molar-refractivity contribution in [2.75, 3.05) is 5.32 Å². The Balaban J connectivity index is 2.25. The third kappa shape index (κ3) is 3.50. The molecule has 2 aromatic carbocycles. The van der Waals surface area contributed by atoms with Crippen LogP contribution in [0.2, 0.25) is 10.0 Å². The van der Waals surface area contributed by atoms with Crippen molar-refractivity contribution in [2.24, 2.45) is 0 Å². The Labute approximate surface area is 129 Å². The first-order valence-corrected chi connectivity index (χ1v) is 7.05. The van der Waals surface area contributed by atoms with E-state index in [1.807, 2.05) is 25.1 Å². The Bertz CT molecular complexity index is 643. The molecule has 0 saturated heterocycles. The lowest BCUT2D eigenvalue weighted by Gasteiger charge is -2.10. The topological polar surface area (TPSA) is 29.1 Å². The Hall–Kier alpha value is -1.03. The van der Waals surface area contributed by atoms with E-state index < -0.39 is 0 Å². The van der Waals surface area contributed by atoms with Crippen molar-refractivity contribution >= 4 is 50.7 Å². The molecular formula is C14H10BrCl2NO. The summed E-state index contributed by atoms with van der Waals surface area (Å²) in [6.07, 6.45) is 0. The van der Waals surface area contributed by atoms with Gasteiger partial charge in [0.15, 0.2) is 0 Å². The Morgan fingerprint density at radius 2 is 1.89 bits per heavy atom. The number of nitrogens with one attached hydrogen (secondary N) is 1. The summed E-state index contributed by atoms with van der Waals surface area (Å²) in [5.74, 6) is -0.257. The molecule has 2 nitrogen and oxygen atoms in total. The van der Waals surface area contributed by atoms with Gasteiger partial charge in [-0.05, 0) is 48.9 Å². The lowest BCUT2D eigenvalue weighted by molar-refractivity contribution is 0.102. The van der Waals surface area contributed by atoms with Crippen molar-refractivity contribution in [3.63, 3.8) is 0 Å². The fourth-order valence-corrected chi connectivity index (χ4v) is 2.60. The highest BCUT2D eigenvalue weighted by Gasteiger charge is 2.12. The third-order valence-electron chi connectivity index (χ3n) is 2.61. The van der Waals surface area contributed by atoms with Crippen LogP contribution in [-0.4, -0.2) is 5.91 Å². The fourth-order valence-electron chi connectivity index (χ4n) is 1.63. The summed E-state index contributed by atoms with van der Waals surface area (Å²) in [5, 5.41) is 3.66. The van der Waals surface area contributed by atoms with Gasteiger partial charge in [-0.25, -0.2) is 0 Å². The second kappa shape index (κ2) is 5.95. The first-order chi connectivity index (χ1) is 8.97. The molecular weight excluding hydrogens is 349 g/mol. The smallest absolute Gasteiger partial charge is 0.257 e. The predicted molar refractivity (Wildman–Crippen MR) is 83.3 cm³/mol. The maximum absolute atomic E-state index is 12.1. The minimum atomic E-state index is -0.257. The van der Waals surface area contributed by atoms with Crippen LogP contribution in [0, 0.1) is 6.92 Å². The van der Waals surface area contributed by atoms with Crippen molar-refractivity contribution in [1.82, 2.24) is 0 Å². The Morgan fingerprint density at radius 3 is 2.53 bits per heavy atom. The maximum atomic E-state index is 12.1. The van der Waals surface area contributed by atoms with E-state index in [1.165, 1.54) is 0 Å². The lowest BCUT2D eigenvalue weighted by Crippen LogP contribution is -2.13. The van der Waals surface area contributed by atoms with Crippen LogP contribution in [0.3, 0.4) is 0 Å². The fraction of sp³-hybridized carbons (Fsp3) is 0.0714. The molecule has 0 aromatic heterocycles. The van der Waals surface area contributed by atoms with E-state index in [1.54, 1.807) is 18.2 Å². The molecule has 0 fully saturated rings. The first-order valence-electron chi connectivity index (χ1n) is 5.50. The van der Waals surface area contributed by atoms with Gasteiger partial charge in [-0.3, -0.25) is 4.79 Å². The molecule has 98 valence electrons. The summed E-state index contributed by atoms with van der Waals surface area (Å²) in [5.41, 5.74) is 2.11. The molecule has 19 heavy (non-hydrogen) atoms. The monoisotopic (exact) mass is 357 g/mol. The molecule has 0 heterocycles. The molecule has 0 saturated carbocycles. The van der Waals surface area contributed by atoms with Gasteiger partial charge in [-0.2, -0.15) is 0 Å². The Kier molecular flexibility index (Phi) is 4.50. The summed E-state index contributed by atoms with van der Waals surface area (Å²) in [6.45, 7) is 1.92. The van der Waals surface area contributed by atoms with E-state index in [0.29, 0.717) is 15.6 Å². The number of halogens is 3. The number of rotatable bonds is 2. The SMILES string of the molecule is Cc1cc(Br)ccc1NC(=O)c1ccc(Cl)cc1Cl. The van der Waals surface area contributed by atoms with Crippen LogP contribution in [0.5, 0.6) is 0 Å². The highest BCUT2D eigenvalue weighted by Crippen LogP contribution is 2.24. The van der Waals surface area contributed by atoms with Crippen LogP contribution in [0.1, 0.15) is 15.9 Å². The van der Waals surface area contributed by atoms with Crippen LogP contribution >= 0.6 is 39.1 Å². The van der Waals surface area contributed by atoms with Crippen molar-refractivity contribution in [3.05, 3.63) is 62.0 Å². The molecule has 0 aliphatic rings. The van der Waals surface area contributed by atoms with Gasteiger partial charge >= 0.3 is 0 Å². The summed E-state index contributed by atoms with van der Waals surface area (Å²) in [4.78, 5) is 12.1. The number of anilines is 1. The minimum Gasteiger partial charge on any atom is -0.322 e. The van der Waals surface area contributed by atoms with Crippen LogP contribution < -0.4 is 5.32 Å². The van der Waals surface area contributed by atoms with Crippen molar-refractivity contribution in [3.8, 4) is 0 Å². The van der Waals surface area contributed by atoms with Gasteiger partial charge in [0.1, 0.15) is 0 Å². The standard InChI is InChI=1S/C14H10BrCl2NO/c1-8-6-9(15)2-5-13(8)18-14(19)11-4-3-10(16)7-12(11)17/h2-7H,1H3,(H,18,19). The molecule has 1 N–H and O–H groups in total. The van der Waals surface area contributed by atoms with Crippen LogP contribution in [0.15, 0.2) is 40.9 Å². The van der Waals surface area contributed by atoms with E-state index >= 15 is 0 Å². The van der Waals surface area contributed by atoms with E-state index in [-0.39, 0.29) is 5.91 Å². The van der Waals surface area contributed by atoms with E-state index in [9.17, 15) is 4.79 Å². The highest BCUT2D eigenvalue weighted by atomic mass is 79.9. The molecule has 0 spiro atoms. The van der Waals surface area contributed by atoms with Gasteiger partial charge in [0.05, 0.1) is 10.6 Å². The van der Waals surface area contributed by atoms with Crippen molar-refractivity contribution in [2.45, 2.75) is 6.92 Å². The zero-order chi connectivity index (χ0) is 14.0. The number of carbonyl (C=O) groups excluding carboxylic acids is 1. The predicted octanol–water partition coefficient (Wildman–Crippen LogP) is 5.32. The zero-order valence-corrected chi connectivity index (χ0v) is 13.1. The number of hydrogen-bond donors (Lipinski definition) is 1. The molecule has 0 atom stereocenters. The summed E-state index contributed by atoms with van der Waals surface area (Å²) < 4.78 is 0.965. The summed E-state index contributed by atoms with van der Waals surface area (Å²) in [7, 11) is 0. The average Bonchev–Trinajstić information content (AvgIpc) is 2.32. The van der Waals surface area contributed by atoms with Gasteiger partial charge in [-0.15, -0.1) is 0 Å². The number of aryl methyl sites for hydroxylation is 1. The van der Waals surface area contributed by atoms with Gasteiger partial charge in [0.25, 0.3) is 5.91 Å². The van der Waals surface area contributed by atoms with E-state index in [0.717, 1.165) is 15.7 Å². The van der Waals surface area contributed by atoms with Gasteiger partial charge in [-0.1, -0.05) is 39.1 Å². The highest BCUT2D eigenvalue weighted by molar-refractivity contribution is 9.10. The molecule has 2 rings (SSSR count). The quantitative estimate of drug-likeness (QED) is 0.773. The number of benzene rings is 2. The van der Waals surface area contributed by atoms with E-state index in [2.05, 4.69) is 21.2 Å². The molecule has 0 aliphatic carbocycles.